The second kappa shape index (κ2) is 6.59. The second-order valence-electron chi connectivity index (χ2n) is 5.13. The van der Waals surface area contributed by atoms with Crippen LogP contribution in [0.1, 0.15) is 20.8 Å². The fourth-order valence-corrected chi connectivity index (χ4v) is 1.79. The van der Waals surface area contributed by atoms with Gasteiger partial charge in [-0.3, -0.25) is 0 Å². The Balaban J connectivity index is 2.27. The van der Waals surface area contributed by atoms with Gasteiger partial charge in [-0.1, -0.05) is 5.92 Å². The molecule has 2 rings (SSSR count). The number of hydrogen-bond acceptors (Lipinski definition) is 7. The number of morpholine rings is 1. The first-order valence-electron chi connectivity index (χ1n) is 7.03. The van der Waals surface area contributed by atoms with Crippen molar-refractivity contribution >= 4 is 11.9 Å². The first-order chi connectivity index (χ1) is 10.0. The molecular formula is C14H21N5O2. The molecule has 7 nitrogen and oxygen atoms in total. The zero-order valence-electron chi connectivity index (χ0n) is 12.7. The number of anilines is 2. The topological polar surface area (TPSA) is 72.4 Å². The van der Waals surface area contributed by atoms with Crippen LogP contribution in [0.4, 0.5) is 11.9 Å². The summed E-state index contributed by atoms with van der Waals surface area (Å²) in [5.41, 5.74) is -0.771. The van der Waals surface area contributed by atoms with Crippen LogP contribution in [-0.4, -0.2) is 53.4 Å². The molecule has 1 saturated heterocycles. The van der Waals surface area contributed by atoms with Gasteiger partial charge in [0.15, 0.2) is 5.60 Å². The maximum atomic E-state index is 5.67. The highest BCUT2D eigenvalue weighted by Crippen LogP contribution is 2.19. The molecule has 7 heteroatoms. The monoisotopic (exact) mass is 291 g/mol. The smallest absolute Gasteiger partial charge is 0.324 e. The van der Waals surface area contributed by atoms with Crippen LogP contribution in [0.2, 0.25) is 0 Å². The number of terminal acetylenes is 1. The molecular weight excluding hydrogens is 270 g/mol. The normalized spacial score (nSPS) is 15.4. The summed E-state index contributed by atoms with van der Waals surface area (Å²) in [6.07, 6.45) is 5.44. The Morgan fingerprint density at radius 1 is 1.33 bits per heavy atom. The minimum absolute atomic E-state index is 0.227. The molecule has 0 spiro atoms. The molecule has 21 heavy (non-hydrogen) atoms. The Hall–Kier alpha value is -2.07. The van der Waals surface area contributed by atoms with Gasteiger partial charge in [0.2, 0.25) is 11.9 Å². The summed E-state index contributed by atoms with van der Waals surface area (Å²) in [6, 6.07) is 0.227. The molecule has 1 aliphatic heterocycles. The second-order valence-corrected chi connectivity index (χ2v) is 5.13. The van der Waals surface area contributed by atoms with Crippen LogP contribution in [0.25, 0.3) is 0 Å². The van der Waals surface area contributed by atoms with Crippen molar-refractivity contribution in [1.82, 2.24) is 15.0 Å². The predicted octanol–water partition coefficient (Wildman–Crippen LogP) is 0.931. The molecule has 0 bridgehead atoms. The highest BCUT2D eigenvalue weighted by Gasteiger charge is 2.21. The van der Waals surface area contributed by atoms with Gasteiger partial charge in [0.05, 0.1) is 13.2 Å². The molecule has 1 aromatic rings. The van der Waals surface area contributed by atoms with Gasteiger partial charge in [0.25, 0.3) is 0 Å². The van der Waals surface area contributed by atoms with Crippen LogP contribution >= 0.6 is 0 Å². The largest absolute Gasteiger partial charge is 0.444 e. The number of hydrogen-bond donors (Lipinski definition) is 1. The molecule has 0 unspecified atom stereocenters. The fourth-order valence-electron chi connectivity index (χ4n) is 1.79. The maximum Gasteiger partial charge on any atom is 0.324 e. The number of nitrogens with zero attached hydrogens (tertiary/aromatic N) is 4. The number of aromatic nitrogens is 3. The fraction of sp³-hybridized carbons (Fsp3) is 0.643. The van der Waals surface area contributed by atoms with E-state index in [0.29, 0.717) is 31.7 Å². The highest BCUT2D eigenvalue weighted by molar-refractivity contribution is 5.38. The van der Waals surface area contributed by atoms with E-state index in [1.807, 2.05) is 11.8 Å². The molecule has 0 atom stereocenters. The number of ether oxygens (including phenoxy) is 2. The van der Waals surface area contributed by atoms with E-state index in [1.54, 1.807) is 13.8 Å². The van der Waals surface area contributed by atoms with E-state index in [0.717, 1.165) is 13.1 Å². The molecule has 0 radical (unpaired) electrons. The Morgan fingerprint density at radius 2 is 2.05 bits per heavy atom. The van der Waals surface area contributed by atoms with E-state index in [9.17, 15) is 0 Å². The minimum Gasteiger partial charge on any atom is -0.444 e. The van der Waals surface area contributed by atoms with Crippen LogP contribution in [-0.2, 0) is 4.74 Å². The summed E-state index contributed by atoms with van der Waals surface area (Å²) >= 11 is 0. The quantitative estimate of drug-likeness (QED) is 0.809. The average Bonchev–Trinajstić information content (AvgIpc) is 2.48. The zero-order chi connectivity index (χ0) is 15.3. The van der Waals surface area contributed by atoms with Crippen LogP contribution in [0.3, 0.4) is 0 Å². The molecule has 1 fully saturated rings. The van der Waals surface area contributed by atoms with Gasteiger partial charge in [-0.05, 0) is 20.8 Å². The van der Waals surface area contributed by atoms with Gasteiger partial charge < -0.3 is 19.7 Å². The Morgan fingerprint density at radius 3 is 2.67 bits per heavy atom. The summed E-state index contributed by atoms with van der Waals surface area (Å²) in [5.74, 6) is 3.62. The van der Waals surface area contributed by atoms with Gasteiger partial charge in [-0.2, -0.15) is 15.0 Å². The molecule has 0 aromatic carbocycles. The summed E-state index contributed by atoms with van der Waals surface area (Å²) in [6.45, 7) is 9.08. The molecule has 1 aliphatic rings. The Bertz CT molecular complexity index is 521. The summed E-state index contributed by atoms with van der Waals surface area (Å²) in [5, 5.41) is 3.08. The van der Waals surface area contributed by atoms with Crippen molar-refractivity contribution in [3.8, 4) is 18.4 Å². The van der Waals surface area contributed by atoms with Gasteiger partial charge >= 0.3 is 6.01 Å². The van der Waals surface area contributed by atoms with E-state index in [2.05, 4.69) is 26.2 Å². The number of nitrogens with one attached hydrogen (secondary N) is 1. The molecule has 114 valence electrons. The Kier molecular flexibility index (Phi) is 4.81. The summed E-state index contributed by atoms with van der Waals surface area (Å²) < 4.78 is 11.0. The SMILES string of the molecule is C#CC(C)(C)Oc1nc(NCC)nc(N2CCOCC2)n1. The van der Waals surface area contributed by atoms with E-state index >= 15 is 0 Å². The van der Waals surface area contributed by atoms with Crippen LogP contribution < -0.4 is 15.0 Å². The van der Waals surface area contributed by atoms with Crippen LogP contribution in [0.15, 0.2) is 0 Å². The van der Waals surface area contributed by atoms with Gasteiger partial charge in [-0.15, -0.1) is 6.42 Å². The third kappa shape index (κ3) is 4.20. The van der Waals surface area contributed by atoms with E-state index in [4.69, 9.17) is 15.9 Å². The van der Waals surface area contributed by atoms with Crippen molar-refractivity contribution in [3.05, 3.63) is 0 Å². The van der Waals surface area contributed by atoms with Gasteiger partial charge in [0, 0.05) is 19.6 Å². The Labute approximate surface area is 125 Å². The van der Waals surface area contributed by atoms with E-state index in [-0.39, 0.29) is 6.01 Å². The molecule has 0 aliphatic carbocycles. The summed E-state index contributed by atoms with van der Waals surface area (Å²) in [4.78, 5) is 15.1. The molecule has 2 heterocycles. The molecule has 1 aromatic heterocycles. The zero-order valence-corrected chi connectivity index (χ0v) is 12.7. The lowest BCUT2D eigenvalue weighted by Gasteiger charge is -2.27. The lowest BCUT2D eigenvalue weighted by Crippen LogP contribution is -2.38. The lowest BCUT2D eigenvalue weighted by molar-refractivity contribution is 0.121. The van der Waals surface area contributed by atoms with Crippen molar-refractivity contribution in [1.29, 1.82) is 0 Å². The van der Waals surface area contributed by atoms with Crippen molar-refractivity contribution < 1.29 is 9.47 Å². The molecule has 0 saturated carbocycles. The standard InChI is InChI=1S/C14H21N5O2/c1-5-14(3,4)21-13-17-11(15-6-2)16-12(18-13)19-7-9-20-10-8-19/h1H,6-10H2,2-4H3,(H,15,16,17,18). The predicted molar refractivity (Wildman–Crippen MR) is 80.6 cm³/mol. The van der Waals surface area contributed by atoms with Crippen molar-refractivity contribution in [3.63, 3.8) is 0 Å². The van der Waals surface area contributed by atoms with Gasteiger partial charge in [0.1, 0.15) is 0 Å². The van der Waals surface area contributed by atoms with Crippen molar-refractivity contribution in [2.45, 2.75) is 26.4 Å². The van der Waals surface area contributed by atoms with Crippen molar-refractivity contribution in [2.24, 2.45) is 0 Å². The third-order valence-electron chi connectivity index (χ3n) is 2.93. The summed E-state index contributed by atoms with van der Waals surface area (Å²) in [7, 11) is 0. The average molecular weight is 291 g/mol. The van der Waals surface area contributed by atoms with Crippen LogP contribution in [0, 0.1) is 12.3 Å². The lowest BCUT2D eigenvalue weighted by atomic mass is 10.2. The van der Waals surface area contributed by atoms with Crippen LogP contribution in [0.5, 0.6) is 6.01 Å². The minimum atomic E-state index is -0.771. The third-order valence-corrected chi connectivity index (χ3v) is 2.93. The van der Waals surface area contributed by atoms with Crippen molar-refractivity contribution in [2.75, 3.05) is 43.1 Å². The maximum absolute atomic E-state index is 5.67. The van der Waals surface area contributed by atoms with E-state index < -0.39 is 5.60 Å². The van der Waals surface area contributed by atoms with E-state index in [1.165, 1.54) is 0 Å². The molecule has 1 N–H and O–H groups in total. The first kappa shape index (κ1) is 15.3. The first-order valence-corrected chi connectivity index (χ1v) is 7.03. The van der Waals surface area contributed by atoms with Gasteiger partial charge in [-0.25, -0.2) is 0 Å². The highest BCUT2D eigenvalue weighted by atomic mass is 16.5. The molecule has 0 amide bonds. The number of rotatable bonds is 5.